The second-order valence-corrected chi connectivity index (χ2v) is 7.36. The highest BCUT2D eigenvalue weighted by atomic mass is 35.5. The predicted octanol–water partition coefficient (Wildman–Crippen LogP) is 3.02. The summed E-state index contributed by atoms with van der Waals surface area (Å²) >= 11 is 1.44. The lowest BCUT2D eigenvalue weighted by Crippen LogP contribution is -2.15. The van der Waals surface area contributed by atoms with Crippen molar-refractivity contribution in [2.45, 2.75) is 32.4 Å². The van der Waals surface area contributed by atoms with Crippen molar-refractivity contribution in [2.24, 2.45) is 0 Å². The molecule has 0 bridgehead atoms. The van der Waals surface area contributed by atoms with Crippen LogP contribution in [0.5, 0.6) is 0 Å². The van der Waals surface area contributed by atoms with Gasteiger partial charge in [-0.1, -0.05) is 6.07 Å². The summed E-state index contributed by atoms with van der Waals surface area (Å²) in [6, 6.07) is 4.94. The van der Waals surface area contributed by atoms with E-state index in [1.807, 2.05) is 6.07 Å². The summed E-state index contributed by atoms with van der Waals surface area (Å²) in [6.07, 6.45) is 2.93. The summed E-state index contributed by atoms with van der Waals surface area (Å²) in [5.41, 5.74) is 3.05. The molecule has 3 heterocycles. The number of halogens is 2. The highest BCUT2D eigenvalue weighted by molar-refractivity contribution is 7.18. The maximum atomic E-state index is 12.5. The first-order chi connectivity index (χ1) is 12.5. The third-order valence-electron chi connectivity index (χ3n) is 4.58. The number of hydrogen-bond acceptors (Lipinski definition) is 5. The number of aromatic carboxylic acids is 1. The van der Waals surface area contributed by atoms with Crippen LogP contribution in [0.3, 0.4) is 0 Å². The third-order valence-corrected chi connectivity index (χ3v) is 5.76. The number of hydrogen-bond donors (Lipinski definition) is 3. The number of aromatic nitrogens is 2. The molecular formula is C18H17ClFN3O3S. The Morgan fingerprint density at radius 3 is 2.78 bits per heavy atom. The highest BCUT2D eigenvalue weighted by Crippen LogP contribution is 2.34. The van der Waals surface area contributed by atoms with Gasteiger partial charge < -0.3 is 15.4 Å². The van der Waals surface area contributed by atoms with E-state index in [2.05, 4.69) is 15.3 Å². The van der Waals surface area contributed by atoms with Crippen molar-refractivity contribution >= 4 is 39.9 Å². The smallest absolute Gasteiger partial charge is 0.372 e. The number of benzene rings is 1. The maximum Gasteiger partial charge on any atom is 0.372 e. The first-order valence-corrected chi connectivity index (χ1v) is 9.10. The first-order valence-electron chi connectivity index (χ1n) is 8.29. The number of carbonyl (C=O) groups is 1. The van der Waals surface area contributed by atoms with Crippen LogP contribution < -0.4 is 10.9 Å². The monoisotopic (exact) mass is 409 g/mol. The van der Waals surface area contributed by atoms with Gasteiger partial charge in [0.05, 0.1) is 5.39 Å². The van der Waals surface area contributed by atoms with E-state index >= 15 is 0 Å². The van der Waals surface area contributed by atoms with E-state index in [0.29, 0.717) is 10.2 Å². The summed E-state index contributed by atoms with van der Waals surface area (Å²) in [7, 11) is 0. The van der Waals surface area contributed by atoms with E-state index in [9.17, 15) is 14.0 Å². The van der Waals surface area contributed by atoms with Gasteiger partial charge in [-0.2, -0.15) is 0 Å². The van der Waals surface area contributed by atoms with Gasteiger partial charge in [0.25, 0.3) is 5.56 Å². The predicted molar refractivity (Wildman–Crippen MR) is 103 cm³/mol. The third kappa shape index (κ3) is 3.73. The second kappa shape index (κ2) is 7.75. The first kappa shape index (κ1) is 19.5. The fraction of sp³-hybridized carbons (Fsp3) is 0.278. The molecule has 1 aromatic carbocycles. The van der Waals surface area contributed by atoms with Crippen molar-refractivity contribution in [3.63, 3.8) is 0 Å². The molecule has 142 valence electrons. The Labute approximate surface area is 163 Å². The van der Waals surface area contributed by atoms with Gasteiger partial charge in [0.2, 0.25) is 5.82 Å². The minimum absolute atomic E-state index is 0. The van der Waals surface area contributed by atoms with Crippen LogP contribution in [-0.2, 0) is 25.9 Å². The quantitative estimate of drug-likeness (QED) is 0.574. The van der Waals surface area contributed by atoms with Gasteiger partial charge in [-0.25, -0.2) is 14.2 Å². The Morgan fingerprint density at radius 1 is 1.22 bits per heavy atom. The molecule has 0 unspecified atom stereocenters. The van der Waals surface area contributed by atoms with Crippen molar-refractivity contribution in [1.29, 1.82) is 0 Å². The molecule has 2 aliphatic rings. The van der Waals surface area contributed by atoms with E-state index < -0.39 is 5.97 Å². The number of aromatic amines is 1. The Kier molecular flexibility index (Phi) is 5.59. The molecule has 0 saturated heterocycles. The molecule has 3 N–H and O–H groups in total. The van der Waals surface area contributed by atoms with Gasteiger partial charge in [0.15, 0.2) is 0 Å². The largest absolute Gasteiger partial charge is 0.475 e. The van der Waals surface area contributed by atoms with Crippen LogP contribution in [0.25, 0.3) is 10.2 Å². The molecule has 0 spiro atoms. The summed E-state index contributed by atoms with van der Waals surface area (Å²) in [5, 5.41) is 12.5. The number of aryl methyl sites for hydroxylation is 2. The molecule has 0 radical (unpaired) electrons. The summed E-state index contributed by atoms with van der Waals surface area (Å²) < 4.78 is 12.5. The molecule has 3 aromatic rings. The number of fused-ring (bicyclic) bond motifs is 4. The number of nitrogens with one attached hydrogen (secondary N) is 2. The number of carboxylic acid groups (broad SMARTS) is 1. The van der Waals surface area contributed by atoms with Crippen LogP contribution in [0, 0.1) is 5.82 Å². The lowest BCUT2D eigenvalue weighted by molar-refractivity contribution is 0.0683. The molecule has 6 nitrogen and oxygen atoms in total. The van der Waals surface area contributed by atoms with Gasteiger partial charge in [0.1, 0.15) is 10.6 Å². The molecule has 9 heteroatoms. The fourth-order valence-corrected chi connectivity index (χ4v) is 4.63. The zero-order valence-corrected chi connectivity index (χ0v) is 15.8. The normalized spacial score (nSPS) is 14.1. The van der Waals surface area contributed by atoms with E-state index in [-0.39, 0.29) is 29.6 Å². The molecule has 1 aliphatic heterocycles. The van der Waals surface area contributed by atoms with E-state index in [1.54, 1.807) is 6.07 Å². The Bertz CT molecular complexity index is 1080. The maximum absolute atomic E-state index is 12.5. The lowest BCUT2D eigenvalue weighted by Gasteiger charge is -1.95. The van der Waals surface area contributed by atoms with E-state index in [1.165, 1.54) is 27.8 Å². The summed E-state index contributed by atoms with van der Waals surface area (Å²) in [5.74, 6) is -1.62. The van der Waals surface area contributed by atoms with Gasteiger partial charge >= 0.3 is 5.97 Å². The summed E-state index contributed by atoms with van der Waals surface area (Å²) in [6.45, 7) is 1.70. The fourth-order valence-electron chi connectivity index (χ4n) is 3.37. The molecule has 0 atom stereocenters. The SMILES string of the molecule is Cl.Fc1ccc2c(c1)CNC2.O=C(O)c1nc2sc3c(c2c(=O)[nH]1)CCC3. The van der Waals surface area contributed by atoms with Crippen LogP contribution in [0.4, 0.5) is 4.39 Å². The topological polar surface area (TPSA) is 95.1 Å². The van der Waals surface area contributed by atoms with Crippen LogP contribution >= 0.6 is 23.7 Å². The van der Waals surface area contributed by atoms with Crippen LogP contribution in [0.1, 0.15) is 38.6 Å². The Morgan fingerprint density at radius 2 is 2.00 bits per heavy atom. The molecule has 0 amide bonds. The number of H-pyrrole nitrogens is 1. The summed E-state index contributed by atoms with van der Waals surface area (Å²) in [4.78, 5) is 30.5. The van der Waals surface area contributed by atoms with Crippen LogP contribution in [0.2, 0.25) is 0 Å². The standard InChI is InChI=1S/C10H8N2O3S.C8H8FN.ClH/c13-8-6-4-2-1-3-5(4)16-9(6)12-7(11-8)10(14)15;9-8-2-1-6-4-10-5-7(6)3-8;/h1-3H2,(H,14,15)(H,11,12,13);1-3,10H,4-5H2;1H. The number of nitrogens with zero attached hydrogens (tertiary/aromatic N) is 1. The van der Waals surface area contributed by atoms with Crippen molar-refractivity contribution < 1.29 is 14.3 Å². The van der Waals surface area contributed by atoms with E-state index in [0.717, 1.165) is 43.5 Å². The van der Waals surface area contributed by atoms with Crippen molar-refractivity contribution in [2.75, 3.05) is 0 Å². The minimum atomic E-state index is -1.20. The van der Waals surface area contributed by atoms with Crippen molar-refractivity contribution in [3.05, 3.63) is 61.8 Å². The molecular weight excluding hydrogens is 393 g/mol. The zero-order valence-electron chi connectivity index (χ0n) is 14.2. The molecule has 27 heavy (non-hydrogen) atoms. The highest BCUT2D eigenvalue weighted by Gasteiger charge is 2.22. The lowest BCUT2D eigenvalue weighted by atomic mass is 10.1. The second-order valence-electron chi connectivity index (χ2n) is 6.27. The number of thiophene rings is 1. The van der Waals surface area contributed by atoms with Crippen LogP contribution in [-0.4, -0.2) is 21.0 Å². The Balaban J connectivity index is 0.000000166. The number of carboxylic acids is 1. The van der Waals surface area contributed by atoms with Gasteiger partial charge in [-0.15, -0.1) is 23.7 Å². The van der Waals surface area contributed by atoms with E-state index in [4.69, 9.17) is 5.11 Å². The Hall–Kier alpha value is -2.29. The molecule has 5 rings (SSSR count). The average Bonchev–Trinajstić information content (AvgIpc) is 3.29. The van der Waals surface area contributed by atoms with Gasteiger partial charge in [-0.3, -0.25) is 4.79 Å². The van der Waals surface area contributed by atoms with Gasteiger partial charge in [-0.05, 0) is 48.1 Å². The van der Waals surface area contributed by atoms with Gasteiger partial charge in [0, 0.05) is 18.0 Å². The minimum Gasteiger partial charge on any atom is -0.475 e. The molecule has 2 aromatic heterocycles. The van der Waals surface area contributed by atoms with Crippen molar-refractivity contribution in [1.82, 2.24) is 15.3 Å². The molecule has 0 fully saturated rings. The van der Waals surface area contributed by atoms with Crippen LogP contribution in [0.15, 0.2) is 23.0 Å². The average molecular weight is 410 g/mol. The molecule has 1 aliphatic carbocycles. The van der Waals surface area contributed by atoms with Crippen molar-refractivity contribution in [3.8, 4) is 0 Å². The zero-order chi connectivity index (χ0) is 18.3. The molecule has 0 saturated carbocycles. The number of rotatable bonds is 1.